The van der Waals surface area contributed by atoms with E-state index < -0.39 is 11.8 Å². The fraction of sp³-hybridized carbons (Fsp3) is 0.0400. The molecule has 4 aromatic rings. The second-order valence-corrected chi connectivity index (χ2v) is 9.20. The van der Waals surface area contributed by atoms with Gasteiger partial charge in [-0.3, -0.25) is 20.4 Å². The lowest BCUT2D eigenvalue weighted by Crippen LogP contribution is -2.40. The molecule has 0 bridgehead atoms. The average Bonchev–Trinajstić information content (AvgIpc) is 3.28. The Labute approximate surface area is 198 Å². The Hall–Kier alpha value is -3.93. The molecular weight excluding hydrogens is 452 g/mol. The number of fused-ring (bicyclic) bond motifs is 1. The predicted octanol–water partition coefficient (Wildman–Crippen LogP) is 4.93. The molecule has 0 aliphatic rings. The van der Waals surface area contributed by atoms with Gasteiger partial charge in [0.25, 0.3) is 11.8 Å². The number of hydrogen-bond acceptors (Lipinski definition) is 6. The molecule has 2 N–H and O–H groups in total. The van der Waals surface area contributed by atoms with Crippen molar-refractivity contribution >= 4 is 51.2 Å². The molecule has 4 rings (SSSR count). The summed E-state index contributed by atoms with van der Waals surface area (Å²) in [5.74, 6) is -0.115. The van der Waals surface area contributed by atoms with Crippen molar-refractivity contribution < 1.29 is 9.59 Å². The number of hydrazine groups is 1. The Morgan fingerprint density at radius 2 is 1.76 bits per heavy atom. The van der Waals surface area contributed by atoms with E-state index in [2.05, 4.69) is 21.9 Å². The van der Waals surface area contributed by atoms with Gasteiger partial charge >= 0.3 is 0 Å². The van der Waals surface area contributed by atoms with Crippen molar-refractivity contribution in [2.45, 2.75) is 10.1 Å². The molecule has 0 fully saturated rings. The van der Waals surface area contributed by atoms with Gasteiger partial charge in [0.2, 0.25) is 0 Å². The van der Waals surface area contributed by atoms with Gasteiger partial charge in [0.05, 0.1) is 21.8 Å². The number of aromatic nitrogens is 1. The van der Waals surface area contributed by atoms with Crippen LogP contribution in [0.5, 0.6) is 0 Å². The number of carbonyl (C=O) groups excluding carboxylic acids is 2. The van der Waals surface area contributed by atoms with Crippen molar-refractivity contribution in [1.82, 2.24) is 15.8 Å². The maximum absolute atomic E-state index is 12.3. The van der Waals surface area contributed by atoms with E-state index in [0.29, 0.717) is 11.1 Å². The molecule has 162 valence electrons. The summed E-state index contributed by atoms with van der Waals surface area (Å²) in [4.78, 5) is 28.8. The lowest BCUT2D eigenvalue weighted by molar-refractivity contribution is -0.117. The third kappa shape index (κ3) is 6.07. The number of benzene rings is 3. The smallest absolute Gasteiger partial charge is 0.268 e. The molecule has 0 aliphatic carbocycles. The first-order chi connectivity index (χ1) is 16.1. The normalized spacial score (nSPS) is 10.8. The number of nitrogens with zero attached hydrogens (tertiary/aromatic N) is 2. The van der Waals surface area contributed by atoms with E-state index >= 15 is 0 Å². The lowest BCUT2D eigenvalue weighted by Gasteiger charge is -2.06. The number of para-hydroxylation sites is 1. The van der Waals surface area contributed by atoms with E-state index in [0.717, 1.165) is 26.7 Å². The number of thioether (sulfide) groups is 1. The molecule has 0 unspecified atom stereocenters. The average molecular weight is 471 g/mol. The van der Waals surface area contributed by atoms with Crippen LogP contribution in [0, 0.1) is 11.3 Å². The van der Waals surface area contributed by atoms with Crippen LogP contribution in [0.1, 0.15) is 27.0 Å². The standard InChI is InChI=1S/C25H18N4O2S2/c26-15-18-7-5-17(6-8-18)11-14-23(30)28-29-24(31)20-12-9-19(10-13-20)16-32-25-27-21-3-1-2-4-22(21)33-25/h1-14H,16H2,(H,28,30)(H,29,31)/b14-11+. The zero-order valence-electron chi connectivity index (χ0n) is 17.3. The first kappa shape index (κ1) is 22.3. The van der Waals surface area contributed by atoms with Crippen LogP contribution in [-0.4, -0.2) is 16.8 Å². The highest BCUT2D eigenvalue weighted by Crippen LogP contribution is 2.31. The van der Waals surface area contributed by atoms with Gasteiger partial charge in [-0.1, -0.05) is 48.2 Å². The molecule has 1 aromatic heterocycles. The summed E-state index contributed by atoms with van der Waals surface area (Å²) in [6.45, 7) is 0. The van der Waals surface area contributed by atoms with E-state index in [-0.39, 0.29) is 0 Å². The molecule has 0 atom stereocenters. The minimum atomic E-state index is -0.462. The molecule has 33 heavy (non-hydrogen) atoms. The third-order valence-electron chi connectivity index (χ3n) is 4.62. The third-order valence-corrected chi connectivity index (χ3v) is 6.87. The number of carbonyl (C=O) groups is 2. The number of amides is 2. The van der Waals surface area contributed by atoms with Crippen molar-refractivity contribution in [3.8, 4) is 6.07 Å². The first-order valence-electron chi connectivity index (χ1n) is 9.96. The molecular formula is C25H18N4O2S2. The van der Waals surface area contributed by atoms with Crippen LogP contribution in [0.4, 0.5) is 0 Å². The van der Waals surface area contributed by atoms with E-state index in [1.807, 2.05) is 36.4 Å². The van der Waals surface area contributed by atoms with Gasteiger partial charge in [0.1, 0.15) is 0 Å². The van der Waals surface area contributed by atoms with Crippen molar-refractivity contribution in [1.29, 1.82) is 5.26 Å². The number of rotatable bonds is 6. The van der Waals surface area contributed by atoms with Crippen LogP contribution < -0.4 is 10.9 Å². The van der Waals surface area contributed by atoms with Gasteiger partial charge in [-0.05, 0) is 53.6 Å². The monoisotopic (exact) mass is 470 g/mol. The Morgan fingerprint density at radius 1 is 1.00 bits per heavy atom. The Balaban J connectivity index is 1.25. The first-order valence-corrected chi connectivity index (χ1v) is 11.8. The zero-order chi connectivity index (χ0) is 23.0. The summed E-state index contributed by atoms with van der Waals surface area (Å²) in [7, 11) is 0. The van der Waals surface area contributed by atoms with Gasteiger partial charge in [0, 0.05) is 17.4 Å². The Kier molecular flexibility index (Phi) is 7.15. The highest BCUT2D eigenvalue weighted by molar-refractivity contribution is 8.00. The van der Waals surface area contributed by atoms with Crippen molar-refractivity contribution in [3.05, 3.63) is 101 Å². The predicted molar refractivity (Wildman–Crippen MR) is 131 cm³/mol. The summed E-state index contributed by atoms with van der Waals surface area (Å²) in [5.41, 5.74) is 8.60. The highest BCUT2D eigenvalue weighted by Gasteiger charge is 2.08. The Bertz CT molecular complexity index is 1320. The summed E-state index contributed by atoms with van der Waals surface area (Å²) in [6, 6.07) is 24.1. The molecule has 1 heterocycles. The molecule has 2 amide bonds. The summed E-state index contributed by atoms with van der Waals surface area (Å²) in [6.07, 6.45) is 2.91. The van der Waals surface area contributed by atoms with Crippen molar-refractivity contribution in [3.63, 3.8) is 0 Å². The van der Waals surface area contributed by atoms with Crippen LogP contribution in [0.3, 0.4) is 0 Å². The Morgan fingerprint density at radius 3 is 2.48 bits per heavy atom. The maximum Gasteiger partial charge on any atom is 0.269 e. The van der Waals surface area contributed by atoms with Gasteiger partial charge in [0.15, 0.2) is 4.34 Å². The minimum Gasteiger partial charge on any atom is -0.268 e. The SMILES string of the molecule is N#Cc1ccc(/C=C/C(=O)NNC(=O)c2ccc(CSc3nc4ccccc4s3)cc2)cc1. The van der Waals surface area contributed by atoms with Crippen LogP contribution in [0.25, 0.3) is 16.3 Å². The quantitative estimate of drug-likeness (QED) is 0.237. The van der Waals surface area contributed by atoms with Crippen LogP contribution in [-0.2, 0) is 10.5 Å². The number of thiazole rings is 1. The molecule has 0 radical (unpaired) electrons. The van der Waals surface area contributed by atoms with Gasteiger partial charge in [-0.15, -0.1) is 11.3 Å². The molecule has 0 saturated heterocycles. The molecule has 8 heteroatoms. The molecule has 3 aromatic carbocycles. The second-order valence-electron chi connectivity index (χ2n) is 6.94. The molecule has 6 nitrogen and oxygen atoms in total. The topological polar surface area (TPSA) is 94.9 Å². The van der Waals surface area contributed by atoms with Gasteiger partial charge in [-0.25, -0.2) is 4.98 Å². The lowest BCUT2D eigenvalue weighted by atomic mass is 10.1. The number of hydrogen-bond donors (Lipinski definition) is 2. The molecule has 0 aliphatic heterocycles. The van der Waals surface area contributed by atoms with Gasteiger partial charge in [-0.2, -0.15) is 5.26 Å². The van der Waals surface area contributed by atoms with Crippen molar-refractivity contribution in [2.24, 2.45) is 0 Å². The van der Waals surface area contributed by atoms with Crippen LogP contribution in [0.15, 0.2) is 83.2 Å². The largest absolute Gasteiger partial charge is 0.269 e. The number of nitrogens with one attached hydrogen (secondary N) is 2. The number of nitriles is 1. The zero-order valence-corrected chi connectivity index (χ0v) is 19.0. The second kappa shape index (κ2) is 10.6. The van der Waals surface area contributed by atoms with Crippen molar-refractivity contribution in [2.75, 3.05) is 0 Å². The fourth-order valence-electron chi connectivity index (χ4n) is 2.88. The minimum absolute atomic E-state index is 0.402. The van der Waals surface area contributed by atoms with E-state index in [4.69, 9.17) is 5.26 Å². The fourth-order valence-corrected chi connectivity index (χ4v) is 4.91. The van der Waals surface area contributed by atoms with Gasteiger partial charge < -0.3 is 0 Å². The summed E-state index contributed by atoms with van der Waals surface area (Å²) in [5, 5.41) is 8.80. The molecule has 0 spiro atoms. The van der Waals surface area contributed by atoms with E-state index in [1.165, 1.54) is 10.8 Å². The maximum atomic E-state index is 12.3. The molecule has 0 saturated carbocycles. The van der Waals surface area contributed by atoms with E-state index in [1.54, 1.807) is 65.6 Å². The van der Waals surface area contributed by atoms with Crippen LogP contribution in [0.2, 0.25) is 0 Å². The summed E-state index contributed by atoms with van der Waals surface area (Å²) >= 11 is 3.33. The summed E-state index contributed by atoms with van der Waals surface area (Å²) < 4.78 is 2.18. The highest BCUT2D eigenvalue weighted by atomic mass is 32.2. The van der Waals surface area contributed by atoms with E-state index in [9.17, 15) is 9.59 Å². The van der Waals surface area contributed by atoms with Crippen LogP contribution >= 0.6 is 23.1 Å².